The van der Waals surface area contributed by atoms with Gasteiger partial charge in [-0.1, -0.05) is 18.2 Å². The Balaban J connectivity index is 1.56. The smallest absolute Gasteiger partial charge is 0.130 e. The lowest BCUT2D eigenvalue weighted by atomic mass is 10.2. The van der Waals surface area contributed by atoms with Gasteiger partial charge in [-0.05, 0) is 44.9 Å². The van der Waals surface area contributed by atoms with Crippen molar-refractivity contribution < 1.29 is 4.74 Å². The summed E-state index contributed by atoms with van der Waals surface area (Å²) in [5, 5.41) is 7.68. The molecule has 2 heterocycles. The largest absolute Gasteiger partial charge is 0.493 e. The molecule has 1 N–H and O–H groups in total. The van der Waals surface area contributed by atoms with Gasteiger partial charge in [0.05, 0.1) is 18.0 Å². The quantitative estimate of drug-likeness (QED) is 0.624. The molecule has 3 aromatic rings. The molecule has 0 aliphatic heterocycles. The van der Waals surface area contributed by atoms with Gasteiger partial charge in [-0.3, -0.25) is 4.68 Å². The van der Waals surface area contributed by atoms with Gasteiger partial charge in [0.2, 0.25) is 0 Å². The highest BCUT2D eigenvalue weighted by Crippen LogP contribution is 2.20. The summed E-state index contributed by atoms with van der Waals surface area (Å²) in [6, 6.07) is 12.0. The molecule has 1 aromatic carbocycles. The van der Waals surface area contributed by atoms with Crippen molar-refractivity contribution in [2.24, 2.45) is 0 Å². The second-order valence-corrected chi connectivity index (χ2v) is 6.11. The monoisotopic (exact) mass is 351 g/mol. The van der Waals surface area contributed by atoms with Crippen LogP contribution in [-0.4, -0.2) is 32.9 Å². The van der Waals surface area contributed by atoms with Crippen LogP contribution in [0.4, 0.5) is 5.82 Å². The maximum Gasteiger partial charge on any atom is 0.130 e. The molecule has 0 aliphatic rings. The molecule has 0 bridgehead atoms. The van der Waals surface area contributed by atoms with Gasteiger partial charge in [0.25, 0.3) is 0 Å². The van der Waals surface area contributed by atoms with Gasteiger partial charge < -0.3 is 10.1 Å². The van der Waals surface area contributed by atoms with Gasteiger partial charge in [-0.2, -0.15) is 5.10 Å². The standard InChI is InChI=1S/C20H25N5O/c1-4-25-18(10-12-22-25)17-14-20(24-16(3)23-17)21-11-7-13-26-19-9-6-5-8-15(19)2/h5-6,8-10,12,14H,4,7,11,13H2,1-3H3,(H,21,23,24). The second-order valence-electron chi connectivity index (χ2n) is 6.11. The number of benzene rings is 1. The van der Waals surface area contributed by atoms with Crippen LogP contribution in [0.1, 0.15) is 24.7 Å². The average Bonchev–Trinajstić information content (AvgIpc) is 3.11. The molecule has 0 atom stereocenters. The number of rotatable bonds is 8. The minimum atomic E-state index is 0.664. The van der Waals surface area contributed by atoms with Gasteiger partial charge >= 0.3 is 0 Å². The van der Waals surface area contributed by atoms with Crippen molar-refractivity contribution >= 4 is 5.82 Å². The van der Waals surface area contributed by atoms with Crippen molar-refractivity contribution in [1.29, 1.82) is 0 Å². The third-order valence-corrected chi connectivity index (χ3v) is 4.09. The zero-order chi connectivity index (χ0) is 18.4. The van der Waals surface area contributed by atoms with Crippen molar-refractivity contribution in [2.75, 3.05) is 18.5 Å². The maximum absolute atomic E-state index is 5.83. The zero-order valence-electron chi connectivity index (χ0n) is 15.6. The lowest BCUT2D eigenvalue weighted by Gasteiger charge is -2.11. The predicted molar refractivity (Wildman–Crippen MR) is 103 cm³/mol. The first-order valence-electron chi connectivity index (χ1n) is 8.97. The molecule has 26 heavy (non-hydrogen) atoms. The molecule has 6 heteroatoms. The molecular weight excluding hydrogens is 326 g/mol. The number of para-hydroxylation sites is 1. The Morgan fingerprint density at radius 1 is 1.12 bits per heavy atom. The molecule has 0 fully saturated rings. The Kier molecular flexibility index (Phi) is 5.84. The fraction of sp³-hybridized carbons (Fsp3) is 0.350. The van der Waals surface area contributed by atoms with Gasteiger partial charge in [0, 0.05) is 25.4 Å². The molecule has 0 radical (unpaired) electrons. The Hall–Kier alpha value is -2.89. The van der Waals surface area contributed by atoms with E-state index in [1.54, 1.807) is 6.20 Å². The van der Waals surface area contributed by atoms with E-state index in [2.05, 4.69) is 40.3 Å². The molecule has 2 aromatic heterocycles. The first-order valence-corrected chi connectivity index (χ1v) is 8.97. The molecule has 0 saturated heterocycles. The Morgan fingerprint density at radius 2 is 1.96 bits per heavy atom. The van der Waals surface area contributed by atoms with Gasteiger partial charge in [-0.15, -0.1) is 0 Å². The van der Waals surface area contributed by atoms with Crippen LogP contribution in [0.25, 0.3) is 11.4 Å². The van der Waals surface area contributed by atoms with Crippen molar-refractivity contribution in [3.8, 4) is 17.1 Å². The summed E-state index contributed by atoms with van der Waals surface area (Å²) >= 11 is 0. The van der Waals surface area contributed by atoms with E-state index in [-0.39, 0.29) is 0 Å². The van der Waals surface area contributed by atoms with Gasteiger partial charge in [0.15, 0.2) is 0 Å². The van der Waals surface area contributed by atoms with Crippen LogP contribution in [0, 0.1) is 13.8 Å². The summed E-state index contributed by atoms with van der Waals surface area (Å²) in [5.74, 6) is 2.51. The van der Waals surface area contributed by atoms with E-state index < -0.39 is 0 Å². The van der Waals surface area contributed by atoms with Crippen molar-refractivity contribution in [3.05, 3.63) is 54.0 Å². The van der Waals surface area contributed by atoms with E-state index in [0.717, 1.165) is 53.9 Å². The molecule has 0 spiro atoms. The molecular formula is C20H25N5O. The van der Waals surface area contributed by atoms with Crippen LogP contribution in [0.3, 0.4) is 0 Å². The Bertz CT molecular complexity index is 859. The molecule has 6 nitrogen and oxygen atoms in total. The molecule has 0 aliphatic carbocycles. The number of hydrogen-bond acceptors (Lipinski definition) is 5. The molecule has 0 amide bonds. The van der Waals surface area contributed by atoms with Crippen LogP contribution in [-0.2, 0) is 6.54 Å². The highest BCUT2D eigenvalue weighted by molar-refractivity contribution is 5.58. The Labute approximate surface area is 154 Å². The number of aryl methyl sites for hydroxylation is 3. The molecule has 3 rings (SSSR count). The highest BCUT2D eigenvalue weighted by atomic mass is 16.5. The fourth-order valence-corrected chi connectivity index (χ4v) is 2.78. The second kappa shape index (κ2) is 8.47. The predicted octanol–water partition coefficient (Wildman–Crippen LogP) is 3.86. The highest BCUT2D eigenvalue weighted by Gasteiger charge is 2.09. The normalized spacial score (nSPS) is 10.7. The van der Waals surface area contributed by atoms with E-state index >= 15 is 0 Å². The summed E-state index contributed by atoms with van der Waals surface area (Å²) in [6.45, 7) is 8.29. The van der Waals surface area contributed by atoms with Crippen LogP contribution in [0.15, 0.2) is 42.6 Å². The summed E-state index contributed by atoms with van der Waals surface area (Å²) in [6.07, 6.45) is 2.69. The van der Waals surface area contributed by atoms with E-state index in [1.165, 1.54) is 0 Å². The first kappa shape index (κ1) is 17.9. The number of hydrogen-bond donors (Lipinski definition) is 1. The van der Waals surface area contributed by atoms with Crippen LogP contribution in [0.2, 0.25) is 0 Å². The lowest BCUT2D eigenvalue weighted by Crippen LogP contribution is -2.10. The third kappa shape index (κ3) is 4.39. The molecule has 136 valence electrons. The number of ether oxygens (including phenoxy) is 1. The molecule has 0 unspecified atom stereocenters. The zero-order valence-corrected chi connectivity index (χ0v) is 15.6. The minimum Gasteiger partial charge on any atom is -0.493 e. The van der Waals surface area contributed by atoms with Gasteiger partial charge in [0.1, 0.15) is 17.4 Å². The van der Waals surface area contributed by atoms with Crippen molar-refractivity contribution in [2.45, 2.75) is 33.7 Å². The summed E-state index contributed by atoms with van der Waals surface area (Å²) in [4.78, 5) is 9.02. The van der Waals surface area contributed by atoms with Gasteiger partial charge in [-0.25, -0.2) is 9.97 Å². The van der Waals surface area contributed by atoms with Crippen molar-refractivity contribution in [1.82, 2.24) is 19.7 Å². The first-order chi connectivity index (χ1) is 12.7. The lowest BCUT2D eigenvalue weighted by molar-refractivity contribution is 0.313. The topological polar surface area (TPSA) is 64.9 Å². The van der Waals surface area contributed by atoms with Crippen LogP contribution in [0.5, 0.6) is 5.75 Å². The van der Waals surface area contributed by atoms with E-state index in [0.29, 0.717) is 6.61 Å². The van der Waals surface area contributed by atoms with E-state index in [9.17, 15) is 0 Å². The maximum atomic E-state index is 5.83. The van der Waals surface area contributed by atoms with Crippen LogP contribution < -0.4 is 10.1 Å². The SMILES string of the molecule is CCn1nccc1-c1cc(NCCCOc2ccccc2C)nc(C)n1. The van der Waals surface area contributed by atoms with Crippen LogP contribution >= 0.6 is 0 Å². The third-order valence-electron chi connectivity index (χ3n) is 4.09. The number of nitrogens with zero attached hydrogens (tertiary/aromatic N) is 4. The van der Waals surface area contributed by atoms with E-state index in [4.69, 9.17) is 4.74 Å². The van der Waals surface area contributed by atoms with Crippen molar-refractivity contribution in [3.63, 3.8) is 0 Å². The summed E-state index contributed by atoms with van der Waals surface area (Å²) in [7, 11) is 0. The van der Waals surface area contributed by atoms with E-state index in [1.807, 2.05) is 41.9 Å². The number of nitrogens with one attached hydrogen (secondary N) is 1. The minimum absolute atomic E-state index is 0.664. The number of anilines is 1. The fourth-order valence-electron chi connectivity index (χ4n) is 2.78. The molecule has 0 saturated carbocycles. The number of aromatic nitrogens is 4. The average molecular weight is 351 g/mol. The Morgan fingerprint density at radius 3 is 2.77 bits per heavy atom. The summed E-state index contributed by atoms with van der Waals surface area (Å²) in [5.41, 5.74) is 3.04. The summed E-state index contributed by atoms with van der Waals surface area (Å²) < 4.78 is 7.76.